The molecule has 1 fully saturated rings. The number of esters is 2. The highest BCUT2D eigenvalue weighted by Gasteiger charge is 2.26. The highest BCUT2D eigenvalue weighted by Crippen LogP contribution is 2.28. The van der Waals surface area contributed by atoms with Crippen LogP contribution in [0.2, 0.25) is 0 Å². The van der Waals surface area contributed by atoms with Crippen molar-refractivity contribution in [2.45, 2.75) is 13.0 Å². The normalized spacial score (nSPS) is 14.6. The van der Waals surface area contributed by atoms with E-state index in [2.05, 4.69) is 9.72 Å². The average Bonchev–Trinajstić information content (AvgIpc) is 3.19. The number of ether oxygens (including phenoxy) is 3. The molecule has 9 heteroatoms. The lowest BCUT2D eigenvalue weighted by atomic mass is 10.2. The number of amides is 1. The predicted molar refractivity (Wildman–Crippen MR) is 124 cm³/mol. The number of nitrogens with zero attached hydrogens (tertiary/aromatic N) is 2. The lowest BCUT2D eigenvalue weighted by molar-refractivity contribution is -0.138. The fraction of sp³-hybridized carbons (Fsp3) is 0.250. The Hall–Kier alpha value is -3.59. The summed E-state index contributed by atoms with van der Waals surface area (Å²) in [5.41, 5.74) is 1.67. The van der Waals surface area contributed by atoms with Crippen molar-refractivity contribution in [2.75, 3.05) is 26.0 Å². The molecular formula is C24H24N2O6S. The highest BCUT2D eigenvalue weighted by molar-refractivity contribution is 8.04. The molecule has 172 valence electrons. The molecule has 2 aromatic rings. The SMILES string of the molecule is COC(=O)/C=C1/SCC(=O)N1CCCOC(=O)/C=C/c1ccc(OCc2ccccn2)cc1. The first kappa shape index (κ1) is 24.1. The number of thioether (sulfide) groups is 1. The summed E-state index contributed by atoms with van der Waals surface area (Å²) in [5.74, 6) is -0.0952. The van der Waals surface area contributed by atoms with Gasteiger partial charge in [-0.05, 0) is 42.3 Å². The summed E-state index contributed by atoms with van der Waals surface area (Å²) in [6.07, 6.45) is 6.47. The van der Waals surface area contributed by atoms with Crippen LogP contribution >= 0.6 is 11.8 Å². The molecule has 8 nitrogen and oxygen atoms in total. The second kappa shape index (κ2) is 12.4. The second-order valence-electron chi connectivity index (χ2n) is 6.87. The largest absolute Gasteiger partial charge is 0.487 e. The molecule has 3 rings (SSSR count). The van der Waals surface area contributed by atoms with Crippen molar-refractivity contribution in [1.29, 1.82) is 0 Å². The molecule has 0 N–H and O–H groups in total. The Labute approximate surface area is 196 Å². The number of benzene rings is 1. The number of methoxy groups -OCH3 is 1. The summed E-state index contributed by atoms with van der Waals surface area (Å²) in [4.78, 5) is 41.0. The van der Waals surface area contributed by atoms with Gasteiger partial charge in [-0.15, -0.1) is 0 Å². The van der Waals surface area contributed by atoms with Crippen LogP contribution in [0.25, 0.3) is 6.08 Å². The van der Waals surface area contributed by atoms with E-state index in [0.29, 0.717) is 30.4 Å². The minimum absolute atomic E-state index is 0.0890. The Morgan fingerprint density at radius 3 is 2.70 bits per heavy atom. The summed E-state index contributed by atoms with van der Waals surface area (Å²) in [6.45, 7) is 0.888. The Bertz CT molecular complexity index is 1020. The Kier molecular flexibility index (Phi) is 9.08. The van der Waals surface area contributed by atoms with Gasteiger partial charge in [-0.25, -0.2) is 9.59 Å². The van der Waals surface area contributed by atoms with Crippen molar-refractivity contribution in [1.82, 2.24) is 9.88 Å². The second-order valence-corrected chi connectivity index (χ2v) is 7.87. The molecule has 1 aromatic heterocycles. The van der Waals surface area contributed by atoms with Crippen molar-refractivity contribution in [3.63, 3.8) is 0 Å². The molecule has 0 saturated carbocycles. The van der Waals surface area contributed by atoms with E-state index >= 15 is 0 Å². The van der Waals surface area contributed by atoms with E-state index in [1.54, 1.807) is 12.3 Å². The first-order valence-electron chi connectivity index (χ1n) is 10.3. The van der Waals surface area contributed by atoms with Crippen molar-refractivity contribution in [2.24, 2.45) is 0 Å². The van der Waals surface area contributed by atoms with E-state index in [9.17, 15) is 14.4 Å². The zero-order valence-electron chi connectivity index (χ0n) is 18.1. The van der Waals surface area contributed by atoms with Crippen LogP contribution in [-0.2, 0) is 30.5 Å². The summed E-state index contributed by atoms with van der Waals surface area (Å²) in [5, 5.41) is 0.547. The van der Waals surface area contributed by atoms with Crippen LogP contribution in [0.3, 0.4) is 0 Å². The minimum Gasteiger partial charge on any atom is -0.487 e. The standard InChI is InChI=1S/C24H24N2O6S/c1-30-24(29)15-22-26(21(27)17-33-22)13-4-14-31-23(28)11-8-18-6-9-20(10-7-18)32-16-19-5-2-3-12-25-19/h2-3,5-12,15H,4,13-14,16-17H2,1H3/b11-8+,22-15+. The molecule has 1 aromatic carbocycles. The monoisotopic (exact) mass is 468 g/mol. The molecule has 0 unspecified atom stereocenters. The van der Waals surface area contributed by atoms with Gasteiger partial charge in [0, 0.05) is 18.8 Å². The molecule has 1 aliphatic rings. The number of carbonyl (C=O) groups is 3. The molecule has 0 spiro atoms. The van der Waals surface area contributed by atoms with Crippen LogP contribution in [0.1, 0.15) is 17.7 Å². The van der Waals surface area contributed by atoms with E-state index < -0.39 is 11.9 Å². The molecule has 2 heterocycles. The maximum Gasteiger partial charge on any atom is 0.333 e. The predicted octanol–water partition coefficient (Wildman–Crippen LogP) is 3.20. The van der Waals surface area contributed by atoms with Gasteiger partial charge in [0.15, 0.2) is 0 Å². The van der Waals surface area contributed by atoms with Gasteiger partial charge in [-0.1, -0.05) is 30.0 Å². The molecule has 0 bridgehead atoms. The first-order valence-corrected chi connectivity index (χ1v) is 11.2. The summed E-state index contributed by atoms with van der Waals surface area (Å²) >= 11 is 1.28. The molecule has 1 aliphatic heterocycles. The van der Waals surface area contributed by atoms with E-state index in [1.165, 1.54) is 35.9 Å². The molecule has 1 amide bonds. The van der Waals surface area contributed by atoms with Crippen LogP contribution < -0.4 is 4.74 Å². The number of rotatable bonds is 10. The topological polar surface area (TPSA) is 95.0 Å². The number of pyridine rings is 1. The maximum absolute atomic E-state index is 12.0. The molecule has 0 aliphatic carbocycles. The Morgan fingerprint density at radius 1 is 1.15 bits per heavy atom. The van der Waals surface area contributed by atoms with Gasteiger partial charge in [-0.2, -0.15) is 0 Å². The van der Waals surface area contributed by atoms with E-state index in [-0.39, 0.29) is 18.3 Å². The fourth-order valence-electron chi connectivity index (χ4n) is 2.85. The number of carbonyl (C=O) groups excluding carboxylic acids is 3. The molecule has 33 heavy (non-hydrogen) atoms. The third-order valence-corrected chi connectivity index (χ3v) is 5.55. The van der Waals surface area contributed by atoms with Gasteiger partial charge in [-0.3, -0.25) is 9.78 Å². The lowest BCUT2D eigenvalue weighted by Gasteiger charge is -2.16. The Morgan fingerprint density at radius 2 is 1.97 bits per heavy atom. The van der Waals surface area contributed by atoms with Crippen molar-refractivity contribution < 1.29 is 28.6 Å². The molecule has 0 atom stereocenters. The van der Waals surface area contributed by atoms with Crippen LogP contribution in [0.4, 0.5) is 0 Å². The van der Waals surface area contributed by atoms with E-state index in [4.69, 9.17) is 9.47 Å². The van der Waals surface area contributed by atoms with Gasteiger partial charge < -0.3 is 19.1 Å². The van der Waals surface area contributed by atoms with Crippen LogP contribution in [-0.4, -0.2) is 53.7 Å². The van der Waals surface area contributed by atoms with Gasteiger partial charge >= 0.3 is 11.9 Å². The van der Waals surface area contributed by atoms with Gasteiger partial charge in [0.05, 0.1) is 36.3 Å². The third kappa shape index (κ3) is 7.80. The summed E-state index contributed by atoms with van der Waals surface area (Å²) in [6, 6.07) is 13.0. The van der Waals surface area contributed by atoms with Gasteiger partial charge in [0.1, 0.15) is 12.4 Å². The number of hydrogen-bond donors (Lipinski definition) is 0. The Balaban J connectivity index is 1.39. The van der Waals surface area contributed by atoms with Gasteiger partial charge in [0.2, 0.25) is 5.91 Å². The molecule has 0 radical (unpaired) electrons. The number of hydrogen-bond acceptors (Lipinski definition) is 8. The van der Waals surface area contributed by atoms with Crippen molar-refractivity contribution in [3.8, 4) is 5.75 Å². The zero-order valence-corrected chi connectivity index (χ0v) is 19.0. The molecule has 1 saturated heterocycles. The van der Waals surface area contributed by atoms with Crippen LogP contribution in [0.5, 0.6) is 5.75 Å². The first-order chi connectivity index (χ1) is 16.0. The minimum atomic E-state index is -0.512. The number of aromatic nitrogens is 1. The quantitative estimate of drug-likeness (QED) is 0.298. The van der Waals surface area contributed by atoms with Crippen molar-refractivity contribution >= 4 is 35.7 Å². The van der Waals surface area contributed by atoms with Gasteiger partial charge in [0.25, 0.3) is 0 Å². The zero-order chi connectivity index (χ0) is 23.5. The average molecular weight is 469 g/mol. The van der Waals surface area contributed by atoms with E-state index in [1.807, 2.05) is 42.5 Å². The van der Waals surface area contributed by atoms with E-state index in [0.717, 1.165) is 11.3 Å². The highest BCUT2D eigenvalue weighted by atomic mass is 32.2. The lowest BCUT2D eigenvalue weighted by Crippen LogP contribution is -2.27. The molecular weight excluding hydrogens is 444 g/mol. The smallest absolute Gasteiger partial charge is 0.333 e. The maximum atomic E-state index is 12.0. The van der Waals surface area contributed by atoms with Crippen molar-refractivity contribution in [3.05, 3.63) is 77.1 Å². The fourth-order valence-corrected chi connectivity index (χ4v) is 3.81. The summed E-state index contributed by atoms with van der Waals surface area (Å²) in [7, 11) is 1.28. The third-order valence-electron chi connectivity index (χ3n) is 4.53. The van der Waals surface area contributed by atoms with Crippen LogP contribution in [0, 0.1) is 0 Å². The summed E-state index contributed by atoms with van der Waals surface area (Å²) < 4.78 is 15.5. The van der Waals surface area contributed by atoms with Crippen LogP contribution in [0.15, 0.2) is 65.8 Å².